The molecule has 0 bridgehead atoms. The number of carbonyl (C=O) groups excluding carboxylic acids is 1. The first-order valence-corrected chi connectivity index (χ1v) is 5.38. The number of ketones is 1. The maximum atomic E-state index is 11.2. The van der Waals surface area contributed by atoms with Gasteiger partial charge in [0.1, 0.15) is 5.78 Å². The second-order valence-electron chi connectivity index (χ2n) is 4.42. The third-order valence-corrected chi connectivity index (χ3v) is 3.65. The van der Waals surface area contributed by atoms with Gasteiger partial charge in [-0.1, -0.05) is 25.7 Å². The van der Waals surface area contributed by atoms with Gasteiger partial charge in [-0.25, -0.2) is 0 Å². The Balaban J connectivity index is 1.98. The van der Waals surface area contributed by atoms with Crippen LogP contribution in [-0.2, 0) is 4.79 Å². The molecule has 12 heavy (non-hydrogen) atoms. The lowest BCUT2D eigenvalue weighted by Crippen LogP contribution is -2.17. The van der Waals surface area contributed by atoms with Crippen molar-refractivity contribution in [1.29, 1.82) is 0 Å². The van der Waals surface area contributed by atoms with E-state index in [-0.39, 0.29) is 0 Å². The van der Waals surface area contributed by atoms with Crippen molar-refractivity contribution in [3.05, 3.63) is 0 Å². The van der Waals surface area contributed by atoms with E-state index in [1.54, 1.807) is 0 Å². The molecule has 2 aliphatic rings. The molecule has 0 aromatic carbocycles. The van der Waals surface area contributed by atoms with Gasteiger partial charge in [-0.15, -0.1) is 0 Å². The Labute approximate surface area is 74.5 Å². The summed E-state index contributed by atoms with van der Waals surface area (Å²) < 4.78 is 0. The first-order valence-electron chi connectivity index (χ1n) is 5.38. The summed E-state index contributed by atoms with van der Waals surface area (Å²) in [5, 5.41) is 0. The predicted molar refractivity (Wildman–Crippen MR) is 48.9 cm³/mol. The van der Waals surface area contributed by atoms with E-state index in [4.69, 9.17) is 0 Å². The van der Waals surface area contributed by atoms with Crippen molar-refractivity contribution in [1.82, 2.24) is 0 Å². The van der Waals surface area contributed by atoms with Crippen LogP contribution in [0.15, 0.2) is 0 Å². The first kappa shape index (κ1) is 8.28. The molecule has 2 saturated carbocycles. The molecule has 2 fully saturated rings. The Bertz CT molecular complexity index is 156. The molecule has 68 valence electrons. The minimum atomic E-state index is 0.518. The van der Waals surface area contributed by atoms with Crippen LogP contribution in [0.25, 0.3) is 0 Å². The molecule has 0 amide bonds. The van der Waals surface area contributed by atoms with Crippen LogP contribution in [0.3, 0.4) is 0 Å². The summed E-state index contributed by atoms with van der Waals surface area (Å²) in [4.78, 5) is 11.2. The molecule has 0 aromatic rings. The molecule has 1 unspecified atom stereocenters. The smallest absolute Gasteiger partial charge is 0.132 e. The molecule has 1 heteroatoms. The highest BCUT2D eigenvalue weighted by Crippen LogP contribution is 2.38. The number of fused-ring (bicyclic) bond motifs is 1. The number of carbonyl (C=O) groups is 1. The minimum Gasteiger partial charge on any atom is -0.300 e. The van der Waals surface area contributed by atoms with E-state index in [0.717, 1.165) is 24.7 Å². The maximum absolute atomic E-state index is 11.2. The second-order valence-corrected chi connectivity index (χ2v) is 4.42. The lowest BCUT2D eigenvalue weighted by molar-refractivity contribution is -0.119. The van der Waals surface area contributed by atoms with E-state index < -0.39 is 0 Å². The molecular formula is C11H18O. The van der Waals surface area contributed by atoms with E-state index >= 15 is 0 Å². The van der Waals surface area contributed by atoms with E-state index in [2.05, 4.69) is 0 Å². The van der Waals surface area contributed by atoms with Crippen molar-refractivity contribution in [2.75, 3.05) is 0 Å². The third-order valence-electron chi connectivity index (χ3n) is 3.65. The molecule has 0 aromatic heterocycles. The second kappa shape index (κ2) is 3.59. The van der Waals surface area contributed by atoms with Gasteiger partial charge in [0.2, 0.25) is 0 Å². The Morgan fingerprint density at radius 1 is 0.833 bits per heavy atom. The van der Waals surface area contributed by atoms with Gasteiger partial charge in [0.05, 0.1) is 0 Å². The van der Waals surface area contributed by atoms with Gasteiger partial charge in [-0.05, 0) is 24.7 Å². The average Bonchev–Trinajstić information content (AvgIpc) is 2.29. The first-order chi connectivity index (χ1) is 5.86. The Kier molecular flexibility index (Phi) is 2.48. The number of hydrogen-bond acceptors (Lipinski definition) is 1. The lowest BCUT2D eigenvalue weighted by Gasteiger charge is -2.29. The zero-order valence-electron chi connectivity index (χ0n) is 7.72. The molecule has 0 radical (unpaired) electrons. The molecular weight excluding hydrogens is 148 g/mol. The van der Waals surface area contributed by atoms with Gasteiger partial charge in [-0.3, -0.25) is 4.79 Å². The minimum absolute atomic E-state index is 0.518. The number of hydrogen-bond donors (Lipinski definition) is 0. The SMILES string of the molecule is O=C1CCC2CCCC[C@H]2CC1. The van der Waals surface area contributed by atoms with Crippen LogP contribution in [-0.4, -0.2) is 5.78 Å². The van der Waals surface area contributed by atoms with Crippen molar-refractivity contribution >= 4 is 5.78 Å². The fraction of sp³-hybridized carbons (Fsp3) is 0.909. The topological polar surface area (TPSA) is 17.1 Å². The Morgan fingerprint density at radius 3 is 1.83 bits per heavy atom. The van der Waals surface area contributed by atoms with Gasteiger partial charge in [0.15, 0.2) is 0 Å². The van der Waals surface area contributed by atoms with E-state index in [0.29, 0.717) is 5.78 Å². The normalized spacial score (nSPS) is 37.2. The summed E-state index contributed by atoms with van der Waals surface area (Å²) in [6.45, 7) is 0. The predicted octanol–water partition coefficient (Wildman–Crippen LogP) is 2.94. The van der Waals surface area contributed by atoms with Crippen molar-refractivity contribution in [3.63, 3.8) is 0 Å². The molecule has 2 atom stereocenters. The number of rotatable bonds is 0. The van der Waals surface area contributed by atoms with Crippen LogP contribution in [0.5, 0.6) is 0 Å². The fourth-order valence-corrected chi connectivity index (χ4v) is 2.86. The van der Waals surface area contributed by atoms with E-state index in [1.165, 1.54) is 38.5 Å². The molecule has 0 saturated heterocycles. The summed E-state index contributed by atoms with van der Waals surface area (Å²) in [5.41, 5.74) is 0. The zero-order chi connectivity index (χ0) is 8.39. The summed E-state index contributed by atoms with van der Waals surface area (Å²) in [6, 6.07) is 0. The monoisotopic (exact) mass is 166 g/mol. The van der Waals surface area contributed by atoms with Gasteiger partial charge in [0, 0.05) is 12.8 Å². The van der Waals surface area contributed by atoms with Crippen LogP contribution in [0, 0.1) is 11.8 Å². The largest absolute Gasteiger partial charge is 0.300 e. The molecule has 1 nitrogen and oxygen atoms in total. The van der Waals surface area contributed by atoms with Crippen LogP contribution >= 0.6 is 0 Å². The van der Waals surface area contributed by atoms with Crippen molar-refractivity contribution in [2.24, 2.45) is 11.8 Å². The highest BCUT2D eigenvalue weighted by molar-refractivity contribution is 5.78. The Morgan fingerprint density at radius 2 is 1.33 bits per heavy atom. The van der Waals surface area contributed by atoms with Crippen LogP contribution in [0.1, 0.15) is 51.4 Å². The standard InChI is InChI=1S/C11H18O/c12-11-7-5-9-3-1-2-4-10(9)6-8-11/h9-10H,1-8H2/t9-,10?/m0/s1. The van der Waals surface area contributed by atoms with Crippen LogP contribution < -0.4 is 0 Å². The Hall–Kier alpha value is -0.330. The van der Waals surface area contributed by atoms with Crippen molar-refractivity contribution < 1.29 is 4.79 Å². The highest BCUT2D eigenvalue weighted by Gasteiger charge is 2.28. The fourth-order valence-electron chi connectivity index (χ4n) is 2.86. The van der Waals surface area contributed by atoms with Crippen molar-refractivity contribution in [2.45, 2.75) is 51.4 Å². The summed E-state index contributed by atoms with van der Waals surface area (Å²) in [7, 11) is 0. The molecule has 2 rings (SSSR count). The molecule has 0 N–H and O–H groups in total. The molecule has 0 aliphatic heterocycles. The molecule has 2 aliphatic carbocycles. The number of Topliss-reactive ketones (excluding diaryl/α,β-unsaturated/α-hetero) is 1. The van der Waals surface area contributed by atoms with E-state index in [1.807, 2.05) is 0 Å². The van der Waals surface area contributed by atoms with Gasteiger partial charge in [-0.2, -0.15) is 0 Å². The molecule has 0 heterocycles. The van der Waals surface area contributed by atoms with Crippen LogP contribution in [0.4, 0.5) is 0 Å². The van der Waals surface area contributed by atoms with Crippen molar-refractivity contribution in [3.8, 4) is 0 Å². The summed E-state index contributed by atoms with van der Waals surface area (Å²) >= 11 is 0. The molecule has 0 spiro atoms. The van der Waals surface area contributed by atoms with Gasteiger partial charge in [0.25, 0.3) is 0 Å². The van der Waals surface area contributed by atoms with Gasteiger partial charge < -0.3 is 0 Å². The van der Waals surface area contributed by atoms with E-state index in [9.17, 15) is 4.79 Å². The third kappa shape index (κ3) is 1.70. The average molecular weight is 166 g/mol. The summed E-state index contributed by atoms with van der Waals surface area (Å²) in [5.74, 6) is 2.33. The van der Waals surface area contributed by atoms with Crippen LogP contribution in [0.2, 0.25) is 0 Å². The highest BCUT2D eigenvalue weighted by atomic mass is 16.1. The zero-order valence-corrected chi connectivity index (χ0v) is 7.72. The maximum Gasteiger partial charge on any atom is 0.132 e. The summed E-state index contributed by atoms with van der Waals surface area (Å²) in [6.07, 6.45) is 9.77. The quantitative estimate of drug-likeness (QED) is 0.540. The van der Waals surface area contributed by atoms with Gasteiger partial charge >= 0.3 is 0 Å². The lowest BCUT2D eigenvalue weighted by atomic mass is 9.77.